The molecule has 0 unspecified atom stereocenters. The van der Waals surface area contributed by atoms with Crippen molar-refractivity contribution >= 4 is 40.4 Å². The van der Waals surface area contributed by atoms with Crippen molar-refractivity contribution in [1.29, 1.82) is 0 Å². The number of rotatable bonds is 10. The standard InChI is InChI=1S/C27H28N4O5/c1-18(14-19-8-5-4-6-9-19)16-28-20-15-21-23(30-26(32)22-10-7-12-36-22)24(27(33)35-3)31(11-13-34-2)25(21)29-17-20/h4-10,12,14-15,17,28H,11,13,16H2,1-3H3,(H,30,32)/b18-14+. The number of hydrogen-bond donors (Lipinski definition) is 2. The smallest absolute Gasteiger partial charge is 0.356 e. The fraction of sp³-hybridized carbons (Fsp3) is 0.222. The van der Waals surface area contributed by atoms with Gasteiger partial charge in [-0.1, -0.05) is 42.0 Å². The number of pyridine rings is 1. The molecule has 186 valence electrons. The van der Waals surface area contributed by atoms with E-state index < -0.39 is 11.9 Å². The number of ether oxygens (including phenoxy) is 2. The monoisotopic (exact) mass is 488 g/mol. The number of amides is 1. The van der Waals surface area contributed by atoms with Crippen LogP contribution in [0.4, 0.5) is 11.4 Å². The van der Waals surface area contributed by atoms with E-state index in [1.165, 1.54) is 13.4 Å². The van der Waals surface area contributed by atoms with Gasteiger partial charge in [-0.15, -0.1) is 0 Å². The topological polar surface area (TPSA) is 108 Å². The van der Waals surface area contributed by atoms with Gasteiger partial charge in [0.15, 0.2) is 11.5 Å². The fourth-order valence-corrected chi connectivity index (χ4v) is 3.87. The number of aromatic nitrogens is 2. The number of esters is 1. The molecule has 0 aliphatic carbocycles. The van der Waals surface area contributed by atoms with E-state index >= 15 is 0 Å². The van der Waals surface area contributed by atoms with Gasteiger partial charge in [-0.25, -0.2) is 9.78 Å². The summed E-state index contributed by atoms with van der Waals surface area (Å²) in [5.74, 6) is -0.974. The maximum Gasteiger partial charge on any atom is 0.356 e. The highest BCUT2D eigenvalue weighted by molar-refractivity contribution is 6.14. The number of carbonyl (C=O) groups is 2. The molecule has 0 saturated carbocycles. The second-order valence-electron chi connectivity index (χ2n) is 8.14. The van der Waals surface area contributed by atoms with Crippen molar-refractivity contribution in [3.63, 3.8) is 0 Å². The third kappa shape index (κ3) is 5.47. The molecule has 4 aromatic rings. The average molecular weight is 489 g/mol. The molecule has 2 N–H and O–H groups in total. The number of carbonyl (C=O) groups excluding carboxylic acids is 2. The second kappa shape index (κ2) is 11.4. The van der Waals surface area contributed by atoms with Crippen molar-refractivity contribution in [1.82, 2.24) is 9.55 Å². The van der Waals surface area contributed by atoms with Gasteiger partial charge < -0.3 is 29.1 Å². The van der Waals surface area contributed by atoms with Crippen LogP contribution >= 0.6 is 0 Å². The molecule has 36 heavy (non-hydrogen) atoms. The Bertz CT molecular complexity index is 1370. The molecule has 0 spiro atoms. The van der Waals surface area contributed by atoms with Crippen molar-refractivity contribution in [2.45, 2.75) is 13.5 Å². The summed E-state index contributed by atoms with van der Waals surface area (Å²) in [6, 6.07) is 15.1. The predicted molar refractivity (Wildman–Crippen MR) is 138 cm³/mol. The molecule has 0 aliphatic heterocycles. The molecule has 3 heterocycles. The van der Waals surface area contributed by atoms with Crippen LogP contribution in [0.2, 0.25) is 0 Å². The third-order valence-corrected chi connectivity index (χ3v) is 5.56. The van der Waals surface area contributed by atoms with Crippen molar-refractivity contribution < 1.29 is 23.5 Å². The maximum atomic E-state index is 12.8. The molecule has 9 heteroatoms. The van der Waals surface area contributed by atoms with Gasteiger partial charge in [0.05, 0.1) is 37.6 Å². The van der Waals surface area contributed by atoms with Gasteiger partial charge in [-0.3, -0.25) is 4.79 Å². The lowest BCUT2D eigenvalue weighted by atomic mass is 10.1. The number of nitrogens with one attached hydrogen (secondary N) is 2. The van der Waals surface area contributed by atoms with Crippen LogP contribution in [-0.2, 0) is 16.0 Å². The van der Waals surface area contributed by atoms with Crippen LogP contribution in [0.5, 0.6) is 0 Å². The summed E-state index contributed by atoms with van der Waals surface area (Å²) in [7, 11) is 2.87. The van der Waals surface area contributed by atoms with Crippen LogP contribution in [0.25, 0.3) is 17.1 Å². The molecule has 0 atom stereocenters. The molecule has 0 aliphatic rings. The van der Waals surface area contributed by atoms with Gasteiger partial charge in [0.25, 0.3) is 5.91 Å². The highest BCUT2D eigenvalue weighted by atomic mass is 16.5. The van der Waals surface area contributed by atoms with Crippen molar-refractivity contribution in [2.75, 3.05) is 38.0 Å². The Morgan fingerprint density at radius 1 is 1.14 bits per heavy atom. The molecular weight excluding hydrogens is 460 g/mol. The maximum absolute atomic E-state index is 12.8. The zero-order valence-corrected chi connectivity index (χ0v) is 20.4. The third-order valence-electron chi connectivity index (χ3n) is 5.56. The van der Waals surface area contributed by atoms with E-state index in [1.807, 2.05) is 43.3 Å². The van der Waals surface area contributed by atoms with Crippen molar-refractivity contribution in [3.8, 4) is 0 Å². The first kappa shape index (κ1) is 24.7. The largest absolute Gasteiger partial charge is 0.464 e. The van der Waals surface area contributed by atoms with Crippen LogP contribution in [0.15, 0.2) is 71.0 Å². The van der Waals surface area contributed by atoms with E-state index in [4.69, 9.17) is 13.9 Å². The van der Waals surface area contributed by atoms with Gasteiger partial charge in [0.2, 0.25) is 0 Å². The Hall–Kier alpha value is -4.37. The summed E-state index contributed by atoms with van der Waals surface area (Å²) in [5.41, 5.74) is 3.96. The summed E-state index contributed by atoms with van der Waals surface area (Å²) in [6.07, 6.45) is 5.21. The number of nitrogens with zero attached hydrogens (tertiary/aromatic N) is 2. The highest BCUT2D eigenvalue weighted by Gasteiger charge is 2.27. The molecule has 3 aromatic heterocycles. The number of furan rings is 1. The van der Waals surface area contributed by atoms with E-state index in [0.29, 0.717) is 36.4 Å². The minimum Gasteiger partial charge on any atom is -0.464 e. The van der Waals surface area contributed by atoms with Crippen LogP contribution in [-0.4, -0.2) is 48.8 Å². The normalized spacial score (nSPS) is 11.5. The Morgan fingerprint density at radius 3 is 2.64 bits per heavy atom. The molecule has 1 amide bonds. The lowest BCUT2D eigenvalue weighted by molar-refractivity contribution is 0.0588. The first-order valence-corrected chi connectivity index (χ1v) is 11.4. The first-order valence-electron chi connectivity index (χ1n) is 11.4. The van der Waals surface area contributed by atoms with E-state index in [-0.39, 0.29) is 11.5 Å². The Morgan fingerprint density at radius 2 is 1.94 bits per heavy atom. The number of methoxy groups -OCH3 is 2. The van der Waals surface area contributed by atoms with Crippen LogP contribution in [0, 0.1) is 0 Å². The highest BCUT2D eigenvalue weighted by Crippen LogP contribution is 2.33. The Labute approximate surface area is 208 Å². The number of fused-ring (bicyclic) bond motifs is 1. The number of anilines is 2. The van der Waals surface area contributed by atoms with Gasteiger partial charge in [-0.05, 0) is 30.7 Å². The SMILES string of the molecule is COCCn1c(C(=O)OC)c(NC(=O)c2ccco2)c2cc(NC/C(C)=C/c3ccccc3)cnc21. The molecule has 0 saturated heterocycles. The molecule has 0 fully saturated rings. The summed E-state index contributed by atoms with van der Waals surface area (Å²) >= 11 is 0. The minimum atomic E-state index is -0.602. The van der Waals surface area contributed by atoms with Crippen molar-refractivity contribution in [3.05, 3.63) is 83.6 Å². The lowest BCUT2D eigenvalue weighted by Crippen LogP contribution is -2.18. The van der Waals surface area contributed by atoms with Crippen LogP contribution in [0.3, 0.4) is 0 Å². The van der Waals surface area contributed by atoms with Gasteiger partial charge in [0, 0.05) is 25.6 Å². The first-order chi connectivity index (χ1) is 17.5. The second-order valence-corrected chi connectivity index (χ2v) is 8.14. The fourth-order valence-electron chi connectivity index (χ4n) is 3.87. The van der Waals surface area contributed by atoms with Crippen LogP contribution in [0.1, 0.15) is 33.5 Å². The van der Waals surface area contributed by atoms with Gasteiger partial charge in [0.1, 0.15) is 5.65 Å². The lowest BCUT2D eigenvalue weighted by Gasteiger charge is -2.10. The quantitative estimate of drug-likeness (QED) is 0.308. The summed E-state index contributed by atoms with van der Waals surface area (Å²) in [6.45, 7) is 3.30. The minimum absolute atomic E-state index is 0.118. The summed E-state index contributed by atoms with van der Waals surface area (Å²) < 4.78 is 17.2. The van der Waals surface area contributed by atoms with E-state index in [9.17, 15) is 9.59 Å². The van der Waals surface area contributed by atoms with Gasteiger partial charge in [-0.2, -0.15) is 0 Å². The Kier molecular flexibility index (Phi) is 7.82. The van der Waals surface area contributed by atoms with E-state index in [2.05, 4.69) is 21.7 Å². The van der Waals surface area contributed by atoms with E-state index in [0.717, 1.165) is 16.8 Å². The van der Waals surface area contributed by atoms with Crippen molar-refractivity contribution in [2.24, 2.45) is 0 Å². The molecule has 0 radical (unpaired) electrons. The summed E-state index contributed by atoms with van der Waals surface area (Å²) in [4.78, 5) is 30.3. The zero-order valence-electron chi connectivity index (χ0n) is 20.4. The summed E-state index contributed by atoms with van der Waals surface area (Å²) in [5, 5.41) is 6.77. The van der Waals surface area contributed by atoms with E-state index in [1.54, 1.807) is 30.0 Å². The molecule has 9 nitrogen and oxygen atoms in total. The Balaban J connectivity index is 1.71. The molecular formula is C27H28N4O5. The van der Waals surface area contributed by atoms with Gasteiger partial charge >= 0.3 is 5.97 Å². The average Bonchev–Trinajstić information content (AvgIpc) is 3.53. The molecule has 1 aromatic carbocycles. The number of hydrogen-bond acceptors (Lipinski definition) is 7. The predicted octanol–water partition coefficient (Wildman–Crippen LogP) is 4.83. The van der Waals surface area contributed by atoms with Crippen LogP contribution < -0.4 is 10.6 Å². The molecule has 4 rings (SSSR count). The molecule has 0 bridgehead atoms. The number of benzene rings is 1. The zero-order chi connectivity index (χ0) is 25.5.